The highest BCUT2D eigenvalue weighted by Crippen LogP contribution is 2.29. The maximum absolute atomic E-state index is 12.6. The lowest BCUT2D eigenvalue weighted by Gasteiger charge is -2.20. The zero-order valence-electron chi connectivity index (χ0n) is 20.5. The van der Waals surface area contributed by atoms with E-state index in [9.17, 15) is 18.0 Å². The van der Waals surface area contributed by atoms with Crippen LogP contribution in [0.4, 0.5) is 29.3 Å². The van der Waals surface area contributed by atoms with Crippen LogP contribution >= 0.6 is 0 Å². The summed E-state index contributed by atoms with van der Waals surface area (Å²) in [5.41, 5.74) is 2.51. The molecular weight excluding hydrogens is 515 g/mol. The van der Waals surface area contributed by atoms with Crippen LogP contribution in [0.5, 0.6) is 11.5 Å². The van der Waals surface area contributed by atoms with Gasteiger partial charge in [0, 0.05) is 24.3 Å². The summed E-state index contributed by atoms with van der Waals surface area (Å²) in [4.78, 5) is 22.9. The molecule has 0 radical (unpaired) electrons. The Balaban J connectivity index is 1.24. The molecule has 2 N–H and O–H groups in total. The van der Waals surface area contributed by atoms with Gasteiger partial charge in [0.1, 0.15) is 17.8 Å². The highest BCUT2D eigenvalue weighted by Gasteiger charge is 2.31. The molecule has 2 amide bonds. The van der Waals surface area contributed by atoms with E-state index >= 15 is 0 Å². The van der Waals surface area contributed by atoms with Gasteiger partial charge in [0.15, 0.2) is 5.82 Å². The van der Waals surface area contributed by atoms with Crippen molar-refractivity contribution < 1.29 is 27.4 Å². The third kappa shape index (κ3) is 6.09. The highest BCUT2D eigenvalue weighted by atomic mass is 19.4. The Kier molecular flexibility index (Phi) is 7.04. The molecule has 0 saturated carbocycles. The number of anilines is 2. The van der Waals surface area contributed by atoms with Crippen LogP contribution in [-0.4, -0.2) is 53.3 Å². The van der Waals surface area contributed by atoms with Gasteiger partial charge < -0.3 is 25.0 Å². The third-order valence-electron chi connectivity index (χ3n) is 5.68. The smallest absolute Gasteiger partial charge is 0.495 e. The van der Waals surface area contributed by atoms with Gasteiger partial charge in [-0.3, -0.25) is 0 Å². The number of para-hydroxylation sites is 2. The topological polar surface area (TPSA) is 106 Å². The minimum atomic E-state index is -4.76. The van der Waals surface area contributed by atoms with Crippen molar-refractivity contribution in [3.8, 4) is 28.6 Å². The van der Waals surface area contributed by atoms with Crippen LogP contribution in [0.3, 0.4) is 0 Å². The minimum absolute atomic E-state index is 0.328. The fraction of sp³-hybridized carbons (Fsp3) is 0.154. The first-order valence-electron chi connectivity index (χ1n) is 11.7. The normalized spacial score (nSPS) is 14.3. The number of halogens is 3. The number of carbonyl (C=O) groups excluding carboxylic acids is 1. The third-order valence-corrected chi connectivity index (χ3v) is 5.68. The number of nitrogens with zero attached hydrogens (tertiary/aromatic N) is 5. The highest BCUT2D eigenvalue weighted by molar-refractivity contribution is 6.07. The van der Waals surface area contributed by atoms with Crippen LogP contribution in [0.1, 0.15) is 0 Å². The summed E-state index contributed by atoms with van der Waals surface area (Å²) in [7, 11) is 1.59. The summed E-state index contributed by atoms with van der Waals surface area (Å²) >= 11 is 0. The van der Waals surface area contributed by atoms with Crippen LogP contribution in [0.2, 0.25) is 0 Å². The number of alkyl halides is 3. The van der Waals surface area contributed by atoms with E-state index in [0.29, 0.717) is 47.6 Å². The SMILES string of the molecule is COc1ccccc1N1CCN/C1=N\C(=O)Nc1ccc(-c2ncn(-c3ccc(OC(F)(F)F)cc3)n2)cc1. The standard InChI is InChI=1S/C26H22F3N7O3/c1-38-22-5-3-2-4-21(22)35-15-14-30-24(35)33-25(37)32-18-8-6-17(7-9-18)23-31-16-36(34-23)19-10-12-20(13-11-19)39-26(27,28)29/h2-13,16H,14-15H2,1H3,(H2,30,32,33,37). The number of guanidine groups is 1. The molecule has 1 saturated heterocycles. The second kappa shape index (κ2) is 10.7. The molecule has 0 unspecified atom stereocenters. The predicted octanol–water partition coefficient (Wildman–Crippen LogP) is 4.84. The molecule has 1 aliphatic rings. The van der Waals surface area contributed by atoms with Gasteiger partial charge in [0.2, 0.25) is 5.96 Å². The zero-order valence-corrected chi connectivity index (χ0v) is 20.5. The maximum atomic E-state index is 12.6. The zero-order chi connectivity index (χ0) is 27.4. The molecule has 1 aromatic heterocycles. The summed E-state index contributed by atoms with van der Waals surface area (Å²) in [6, 6.07) is 19.1. The Bertz CT molecular complexity index is 1490. The van der Waals surface area contributed by atoms with E-state index in [-0.39, 0.29) is 5.75 Å². The first-order valence-corrected chi connectivity index (χ1v) is 11.7. The molecule has 10 nitrogen and oxygen atoms in total. The van der Waals surface area contributed by atoms with E-state index < -0.39 is 12.4 Å². The van der Waals surface area contributed by atoms with E-state index in [1.165, 1.54) is 35.3 Å². The fourth-order valence-electron chi connectivity index (χ4n) is 3.94. The molecule has 13 heteroatoms. The number of aliphatic imine (C=N–C) groups is 1. The minimum Gasteiger partial charge on any atom is -0.495 e. The van der Waals surface area contributed by atoms with Gasteiger partial charge in [0.25, 0.3) is 0 Å². The lowest BCUT2D eigenvalue weighted by atomic mass is 10.2. The predicted molar refractivity (Wildman–Crippen MR) is 138 cm³/mol. The van der Waals surface area contributed by atoms with Gasteiger partial charge in [-0.25, -0.2) is 14.5 Å². The molecule has 2 heterocycles. The molecule has 0 aliphatic carbocycles. The van der Waals surface area contributed by atoms with E-state index in [0.717, 1.165) is 5.69 Å². The summed E-state index contributed by atoms with van der Waals surface area (Å²) in [6.07, 6.45) is -3.31. The van der Waals surface area contributed by atoms with Crippen LogP contribution in [0.25, 0.3) is 17.1 Å². The van der Waals surface area contributed by atoms with Gasteiger partial charge in [-0.15, -0.1) is 18.3 Å². The molecule has 1 aliphatic heterocycles. The quantitative estimate of drug-likeness (QED) is 0.363. The van der Waals surface area contributed by atoms with Crippen LogP contribution < -0.4 is 25.0 Å². The van der Waals surface area contributed by atoms with Gasteiger partial charge in [0.05, 0.1) is 18.5 Å². The van der Waals surface area contributed by atoms with Crippen molar-refractivity contribution >= 4 is 23.4 Å². The number of rotatable bonds is 6. The van der Waals surface area contributed by atoms with E-state index in [2.05, 4.69) is 30.4 Å². The molecule has 5 rings (SSSR count). The van der Waals surface area contributed by atoms with Crippen LogP contribution in [0.15, 0.2) is 84.1 Å². The van der Waals surface area contributed by atoms with Gasteiger partial charge in [-0.1, -0.05) is 12.1 Å². The van der Waals surface area contributed by atoms with Crippen molar-refractivity contribution in [3.63, 3.8) is 0 Å². The summed E-state index contributed by atoms with van der Waals surface area (Å²) in [5.74, 6) is 1.16. The number of carbonyl (C=O) groups is 1. The monoisotopic (exact) mass is 537 g/mol. The second-order valence-corrected chi connectivity index (χ2v) is 8.25. The van der Waals surface area contributed by atoms with Gasteiger partial charge >= 0.3 is 12.4 Å². The average Bonchev–Trinajstić information content (AvgIpc) is 3.59. The van der Waals surface area contributed by atoms with Crippen molar-refractivity contribution in [2.24, 2.45) is 4.99 Å². The molecule has 1 fully saturated rings. The molecule has 0 bridgehead atoms. The number of nitrogens with one attached hydrogen (secondary N) is 2. The molecule has 0 spiro atoms. The Labute approximate surface area is 220 Å². The number of aromatic nitrogens is 3. The van der Waals surface area contributed by atoms with Crippen LogP contribution in [-0.2, 0) is 0 Å². The molecule has 4 aromatic rings. The molecular formula is C26H22F3N7O3. The number of hydrogen-bond donors (Lipinski definition) is 2. The molecule has 3 aromatic carbocycles. The molecule has 0 atom stereocenters. The Morgan fingerprint density at radius 3 is 2.51 bits per heavy atom. The Morgan fingerprint density at radius 2 is 1.79 bits per heavy atom. The van der Waals surface area contributed by atoms with Crippen molar-refractivity contribution in [3.05, 3.63) is 79.1 Å². The van der Waals surface area contributed by atoms with Crippen molar-refractivity contribution in [2.75, 3.05) is 30.4 Å². The summed E-state index contributed by atoms with van der Waals surface area (Å²) in [6.45, 7) is 1.26. The van der Waals surface area contributed by atoms with Gasteiger partial charge in [-0.05, 0) is 60.7 Å². The van der Waals surface area contributed by atoms with Crippen molar-refractivity contribution in [1.29, 1.82) is 0 Å². The number of ether oxygens (including phenoxy) is 2. The summed E-state index contributed by atoms with van der Waals surface area (Å²) < 4.78 is 47.8. The average molecular weight is 538 g/mol. The number of benzene rings is 3. The Morgan fingerprint density at radius 1 is 1.05 bits per heavy atom. The van der Waals surface area contributed by atoms with Crippen LogP contribution in [0, 0.1) is 0 Å². The first kappa shape index (κ1) is 25.6. The van der Waals surface area contributed by atoms with E-state index in [4.69, 9.17) is 4.74 Å². The number of hydrogen-bond acceptors (Lipinski definition) is 5. The maximum Gasteiger partial charge on any atom is 0.573 e. The number of amides is 2. The largest absolute Gasteiger partial charge is 0.573 e. The second-order valence-electron chi connectivity index (χ2n) is 8.25. The van der Waals surface area contributed by atoms with Crippen molar-refractivity contribution in [2.45, 2.75) is 6.36 Å². The molecule has 39 heavy (non-hydrogen) atoms. The number of urea groups is 1. The fourth-order valence-corrected chi connectivity index (χ4v) is 3.94. The van der Waals surface area contributed by atoms with E-state index in [1.54, 1.807) is 31.4 Å². The first-order chi connectivity index (χ1) is 18.8. The van der Waals surface area contributed by atoms with E-state index in [1.807, 2.05) is 29.2 Å². The lowest BCUT2D eigenvalue weighted by Crippen LogP contribution is -2.31. The lowest BCUT2D eigenvalue weighted by molar-refractivity contribution is -0.274. The Hall–Kier alpha value is -5.07. The number of methoxy groups -OCH3 is 1. The van der Waals surface area contributed by atoms with Crippen molar-refractivity contribution in [1.82, 2.24) is 20.1 Å². The van der Waals surface area contributed by atoms with Gasteiger partial charge in [-0.2, -0.15) is 4.99 Å². The molecule has 200 valence electrons. The summed E-state index contributed by atoms with van der Waals surface area (Å²) in [5, 5.41) is 10.2.